The summed E-state index contributed by atoms with van der Waals surface area (Å²) >= 11 is 0. The molecule has 0 unspecified atom stereocenters. The standard InChI is InChI=1S/C15H12FN3O/c1-17-15(20)13-8-19-14-12(13)6-10(7-18-14)9-3-2-4-11(16)5-9/h2-8H,1H3,(H,17,20)(H,18,19). The van der Waals surface area contributed by atoms with Gasteiger partial charge in [-0.15, -0.1) is 0 Å². The predicted molar refractivity (Wildman–Crippen MR) is 74.9 cm³/mol. The van der Waals surface area contributed by atoms with E-state index in [1.807, 2.05) is 6.07 Å². The molecule has 20 heavy (non-hydrogen) atoms. The number of aromatic amines is 1. The van der Waals surface area contributed by atoms with Crippen LogP contribution in [0.1, 0.15) is 10.4 Å². The molecule has 5 heteroatoms. The van der Waals surface area contributed by atoms with E-state index in [0.717, 1.165) is 11.1 Å². The Bertz CT molecular complexity index is 795. The number of hydrogen-bond donors (Lipinski definition) is 2. The molecule has 0 aliphatic rings. The summed E-state index contributed by atoms with van der Waals surface area (Å²) in [5, 5.41) is 3.30. The average Bonchev–Trinajstić information content (AvgIpc) is 2.89. The zero-order valence-electron chi connectivity index (χ0n) is 10.8. The maximum Gasteiger partial charge on any atom is 0.253 e. The van der Waals surface area contributed by atoms with Gasteiger partial charge in [0.2, 0.25) is 0 Å². The molecule has 0 saturated carbocycles. The molecule has 1 amide bonds. The molecule has 1 aromatic carbocycles. The highest BCUT2D eigenvalue weighted by Crippen LogP contribution is 2.25. The second kappa shape index (κ2) is 4.77. The summed E-state index contributed by atoms with van der Waals surface area (Å²) in [6.07, 6.45) is 3.27. The smallest absolute Gasteiger partial charge is 0.253 e. The zero-order valence-corrected chi connectivity index (χ0v) is 10.8. The third-order valence-corrected chi connectivity index (χ3v) is 3.16. The molecule has 0 bridgehead atoms. The first-order valence-corrected chi connectivity index (χ1v) is 6.14. The Morgan fingerprint density at radius 1 is 1.30 bits per heavy atom. The molecule has 100 valence electrons. The first kappa shape index (κ1) is 12.3. The highest BCUT2D eigenvalue weighted by atomic mass is 19.1. The van der Waals surface area contributed by atoms with Gasteiger partial charge >= 0.3 is 0 Å². The minimum absolute atomic E-state index is 0.186. The Hall–Kier alpha value is -2.69. The van der Waals surface area contributed by atoms with Crippen LogP contribution in [-0.4, -0.2) is 22.9 Å². The van der Waals surface area contributed by atoms with Gasteiger partial charge in [0.05, 0.1) is 5.56 Å². The maximum absolute atomic E-state index is 13.3. The second-order valence-electron chi connectivity index (χ2n) is 4.41. The van der Waals surface area contributed by atoms with Crippen LogP contribution in [0, 0.1) is 5.82 Å². The van der Waals surface area contributed by atoms with Crippen molar-refractivity contribution in [2.75, 3.05) is 7.05 Å². The van der Waals surface area contributed by atoms with Crippen LogP contribution < -0.4 is 5.32 Å². The number of nitrogens with zero attached hydrogens (tertiary/aromatic N) is 1. The van der Waals surface area contributed by atoms with Crippen LogP contribution in [0.4, 0.5) is 4.39 Å². The van der Waals surface area contributed by atoms with E-state index in [9.17, 15) is 9.18 Å². The van der Waals surface area contributed by atoms with Crippen molar-refractivity contribution in [1.29, 1.82) is 0 Å². The largest absolute Gasteiger partial charge is 0.355 e. The maximum atomic E-state index is 13.3. The SMILES string of the molecule is CNC(=O)c1c[nH]c2ncc(-c3cccc(F)c3)cc12. The van der Waals surface area contributed by atoms with Crippen molar-refractivity contribution in [3.05, 3.63) is 54.1 Å². The van der Waals surface area contributed by atoms with Crippen molar-refractivity contribution in [1.82, 2.24) is 15.3 Å². The number of benzene rings is 1. The van der Waals surface area contributed by atoms with Gasteiger partial charge in [-0.2, -0.15) is 0 Å². The third kappa shape index (κ3) is 2.03. The molecule has 2 aromatic heterocycles. The molecule has 0 aliphatic heterocycles. The zero-order chi connectivity index (χ0) is 14.1. The van der Waals surface area contributed by atoms with Gasteiger partial charge < -0.3 is 10.3 Å². The van der Waals surface area contributed by atoms with Gasteiger partial charge in [-0.05, 0) is 23.8 Å². The van der Waals surface area contributed by atoms with E-state index in [2.05, 4.69) is 15.3 Å². The molecule has 0 aliphatic carbocycles. The number of nitrogens with one attached hydrogen (secondary N) is 2. The van der Waals surface area contributed by atoms with E-state index in [1.54, 1.807) is 31.6 Å². The topological polar surface area (TPSA) is 57.8 Å². The number of carbonyl (C=O) groups excluding carboxylic acids is 1. The second-order valence-corrected chi connectivity index (χ2v) is 4.41. The number of fused-ring (bicyclic) bond motifs is 1. The average molecular weight is 269 g/mol. The summed E-state index contributed by atoms with van der Waals surface area (Å²) in [4.78, 5) is 19.0. The molecular formula is C15H12FN3O. The minimum Gasteiger partial charge on any atom is -0.355 e. The fourth-order valence-electron chi connectivity index (χ4n) is 2.15. The fourth-order valence-corrected chi connectivity index (χ4v) is 2.15. The van der Waals surface area contributed by atoms with Crippen molar-refractivity contribution < 1.29 is 9.18 Å². The van der Waals surface area contributed by atoms with Gasteiger partial charge in [0.25, 0.3) is 5.91 Å². The van der Waals surface area contributed by atoms with Gasteiger partial charge in [0, 0.05) is 30.4 Å². The highest BCUT2D eigenvalue weighted by molar-refractivity contribution is 6.06. The highest BCUT2D eigenvalue weighted by Gasteiger charge is 2.12. The predicted octanol–water partition coefficient (Wildman–Crippen LogP) is 2.73. The minimum atomic E-state index is -0.303. The molecule has 0 spiro atoms. The van der Waals surface area contributed by atoms with E-state index in [4.69, 9.17) is 0 Å². The Balaban J connectivity index is 2.16. The third-order valence-electron chi connectivity index (χ3n) is 3.16. The van der Waals surface area contributed by atoms with E-state index < -0.39 is 0 Å². The van der Waals surface area contributed by atoms with Crippen LogP contribution >= 0.6 is 0 Å². The first-order valence-electron chi connectivity index (χ1n) is 6.14. The number of rotatable bonds is 2. The van der Waals surface area contributed by atoms with Crippen molar-refractivity contribution in [3.8, 4) is 11.1 Å². The summed E-state index contributed by atoms with van der Waals surface area (Å²) in [6.45, 7) is 0. The van der Waals surface area contributed by atoms with Crippen molar-refractivity contribution in [3.63, 3.8) is 0 Å². The molecule has 2 N–H and O–H groups in total. The molecule has 0 atom stereocenters. The monoisotopic (exact) mass is 269 g/mol. The number of carbonyl (C=O) groups is 1. The molecule has 0 saturated heterocycles. The summed E-state index contributed by atoms with van der Waals surface area (Å²) in [6, 6.07) is 8.11. The van der Waals surface area contributed by atoms with Gasteiger partial charge in [-0.1, -0.05) is 12.1 Å². The Morgan fingerprint density at radius 2 is 2.15 bits per heavy atom. The molecule has 2 heterocycles. The van der Waals surface area contributed by atoms with Gasteiger partial charge in [-0.25, -0.2) is 9.37 Å². The number of H-pyrrole nitrogens is 1. The first-order chi connectivity index (χ1) is 9.69. The van der Waals surface area contributed by atoms with E-state index >= 15 is 0 Å². The molecule has 3 aromatic rings. The fraction of sp³-hybridized carbons (Fsp3) is 0.0667. The van der Waals surface area contributed by atoms with Gasteiger partial charge in [-0.3, -0.25) is 4.79 Å². The molecule has 0 radical (unpaired) electrons. The summed E-state index contributed by atoms with van der Waals surface area (Å²) in [5.74, 6) is -0.488. The van der Waals surface area contributed by atoms with Crippen molar-refractivity contribution in [2.45, 2.75) is 0 Å². The van der Waals surface area contributed by atoms with Crippen molar-refractivity contribution in [2.24, 2.45) is 0 Å². The van der Waals surface area contributed by atoms with E-state index in [-0.39, 0.29) is 11.7 Å². The lowest BCUT2D eigenvalue weighted by Gasteiger charge is -2.03. The molecule has 0 fully saturated rings. The molecular weight excluding hydrogens is 257 g/mol. The Labute approximate surface area is 114 Å². The van der Waals surface area contributed by atoms with E-state index in [0.29, 0.717) is 16.6 Å². The normalized spacial score (nSPS) is 10.7. The lowest BCUT2D eigenvalue weighted by molar-refractivity contribution is 0.0965. The van der Waals surface area contributed by atoms with E-state index in [1.165, 1.54) is 12.1 Å². The van der Waals surface area contributed by atoms with Gasteiger partial charge in [0.15, 0.2) is 0 Å². The Kier molecular flexibility index (Phi) is 2.95. The number of aromatic nitrogens is 2. The van der Waals surface area contributed by atoms with Crippen LogP contribution in [0.3, 0.4) is 0 Å². The number of hydrogen-bond acceptors (Lipinski definition) is 2. The quantitative estimate of drug-likeness (QED) is 0.751. The van der Waals surface area contributed by atoms with Crippen LogP contribution in [0.5, 0.6) is 0 Å². The molecule has 3 rings (SSSR count). The summed E-state index contributed by atoms with van der Waals surface area (Å²) in [5.41, 5.74) is 2.64. The van der Waals surface area contributed by atoms with Gasteiger partial charge in [0.1, 0.15) is 11.5 Å². The summed E-state index contributed by atoms with van der Waals surface area (Å²) in [7, 11) is 1.57. The number of pyridine rings is 1. The lowest BCUT2D eigenvalue weighted by atomic mass is 10.1. The number of halogens is 1. The van der Waals surface area contributed by atoms with Crippen LogP contribution in [0.2, 0.25) is 0 Å². The van der Waals surface area contributed by atoms with Crippen LogP contribution in [0.25, 0.3) is 22.2 Å². The number of amides is 1. The van der Waals surface area contributed by atoms with Crippen molar-refractivity contribution >= 4 is 16.9 Å². The lowest BCUT2D eigenvalue weighted by Crippen LogP contribution is -2.17. The molecule has 4 nitrogen and oxygen atoms in total. The summed E-state index contributed by atoms with van der Waals surface area (Å²) < 4.78 is 13.3. The van der Waals surface area contributed by atoms with Crippen LogP contribution in [-0.2, 0) is 0 Å². The Morgan fingerprint density at radius 3 is 2.90 bits per heavy atom. The van der Waals surface area contributed by atoms with Crippen LogP contribution in [0.15, 0.2) is 42.7 Å².